The highest BCUT2D eigenvalue weighted by molar-refractivity contribution is 5.99. The zero-order valence-corrected chi connectivity index (χ0v) is 19.0. The van der Waals surface area contributed by atoms with E-state index in [0.29, 0.717) is 6.04 Å². The van der Waals surface area contributed by atoms with E-state index >= 15 is 0 Å². The molecule has 2 heterocycles. The molecule has 0 spiro atoms. The molecule has 2 fully saturated rings. The number of amides is 1. The first-order valence-corrected chi connectivity index (χ1v) is 11.3. The van der Waals surface area contributed by atoms with Crippen molar-refractivity contribution in [3.8, 4) is 5.75 Å². The van der Waals surface area contributed by atoms with Crippen molar-refractivity contribution >= 4 is 17.3 Å². The van der Waals surface area contributed by atoms with Gasteiger partial charge in [-0.15, -0.1) is 0 Å². The second kappa shape index (κ2) is 9.60. The van der Waals surface area contributed by atoms with Crippen molar-refractivity contribution in [1.82, 2.24) is 9.80 Å². The van der Waals surface area contributed by atoms with E-state index in [9.17, 15) is 4.79 Å². The third kappa shape index (κ3) is 4.79. The number of benzene rings is 2. The molecule has 2 saturated heterocycles. The van der Waals surface area contributed by atoms with Gasteiger partial charge in [-0.1, -0.05) is 12.1 Å². The third-order valence-corrected chi connectivity index (χ3v) is 6.57. The Morgan fingerprint density at radius 3 is 2.35 bits per heavy atom. The average Bonchev–Trinajstić information content (AvgIpc) is 2.84. The molecule has 0 N–H and O–H groups in total. The van der Waals surface area contributed by atoms with E-state index in [2.05, 4.69) is 26.8 Å². The molecule has 0 saturated carbocycles. The zero-order chi connectivity index (χ0) is 21.8. The first-order valence-electron chi connectivity index (χ1n) is 11.3. The van der Waals surface area contributed by atoms with Gasteiger partial charge in [0.15, 0.2) is 0 Å². The normalized spacial score (nSPS) is 19.9. The predicted octanol–water partition coefficient (Wildman–Crippen LogP) is 3.19. The third-order valence-electron chi connectivity index (χ3n) is 6.57. The van der Waals surface area contributed by atoms with Crippen LogP contribution in [-0.4, -0.2) is 82.2 Å². The summed E-state index contributed by atoms with van der Waals surface area (Å²) >= 11 is 0. The Balaban J connectivity index is 1.36. The number of hydrogen-bond donors (Lipinski definition) is 0. The molecule has 2 aromatic rings. The van der Waals surface area contributed by atoms with Crippen LogP contribution in [-0.2, 0) is 0 Å². The van der Waals surface area contributed by atoms with E-state index < -0.39 is 0 Å². The predicted molar refractivity (Wildman–Crippen MR) is 126 cm³/mol. The lowest BCUT2D eigenvalue weighted by Gasteiger charge is -2.44. The molecule has 31 heavy (non-hydrogen) atoms. The van der Waals surface area contributed by atoms with Crippen LogP contribution in [0.2, 0.25) is 0 Å². The quantitative estimate of drug-likeness (QED) is 0.740. The number of nitrogens with zero attached hydrogens (tertiary/aromatic N) is 4. The number of likely N-dealkylation sites (tertiary alicyclic amines) is 1. The van der Waals surface area contributed by atoms with E-state index in [1.165, 1.54) is 12.1 Å². The molecule has 1 atom stereocenters. The highest BCUT2D eigenvalue weighted by atomic mass is 16.5. The lowest BCUT2D eigenvalue weighted by Crippen LogP contribution is -2.56. The van der Waals surface area contributed by atoms with Crippen LogP contribution in [0, 0.1) is 0 Å². The Labute approximate surface area is 186 Å². The largest absolute Gasteiger partial charge is 0.497 e. The van der Waals surface area contributed by atoms with E-state index in [0.717, 1.165) is 62.7 Å². The number of anilines is 2. The maximum Gasteiger partial charge on any atom is 0.256 e. The maximum absolute atomic E-state index is 13.3. The number of piperazine rings is 1. The maximum atomic E-state index is 13.3. The number of rotatable bonds is 5. The number of ether oxygens (including phenoxy) is 1. The van der Waals surface area contributed by atoms with Crippen LogP contribution < -0.4 is 14.5 Å². The topological polar surface area (TPSA) is 39.3 Å². The van der Waals surface area contributed by atoms with Gasteiger partial charge >= 0.3 is 0 Å². The van der Waals surface area contributed by atoms with Crippen LogP contribution in [0.25, 0.3) is 0 Å². The van der Waals surface area contributed by atoms with Gasteiger partial charge in [-0.3, -0.25) is 9.69 Å². The number of carbonyl (C=O) groups excluding carboxylic acids is 1. The summed E-state index contributed by atoms with van der Waals surface area (Å²) in [4.78, 5) is 22.4. The zero-order valence-electron chi connectivity index (χ0n) is 19.0. The highest BCUT2D eigenvalue weighted by Gasteiger charge is 2.31. The molecule has 6 heteroatoms. The summed E-state index contributed by atoms with van der Waals surface area (Å²) in [7, 11) is 5.69. The molecular weight excluding hydrogens is 388 g/mol. The van der Waals surface area contributed by atoms with Crippen LogP contribution in [0.5, 0.6) is 5.75 Å². The molecule has 6 nitrogen and oxygen atoms in total. The van der Waals surface area contributed by atoms with E-state index in [4.69, 9.17) is 4.74 Å². The summed E-state index contributed by atoms with van der Waals surface area (Å²) in [5, 5.41) is 0. The van der Waals surface area contributed by atoms with Crippen LogP contribution in [0.4, 0.5) is 11.4 Å². The Hall–Kier alpha value is -2.73. The summed E-state index contributed by atoms with van der Waals surface area (Å²) in [6, 6.07) is 16.7. The first kappa shape index (κ1) is 21.5. The second-order valence-corrected chi connectivity index (χ2v) is 8.68. The summed E-state index contributed by atoms with van der Waals surface area (Å²) in [5.74, 6) is 1.05. The van der Waals surface area contributed by atoms with Crippen molar-refractivity contribution in [3.63, 3.8) is 0 Å². The summed E-state index contributed by atoms with van der Waals surface area (Å²) in [6.45, 7) is 5.77. The smallest absolute Gasteiger partial charge is 0.256 e. The molecular formula is C25H34N4O2. The molecule has 0 unspecified atom stereocenters. The van der Waals surface area contributed by atoms with Crippen LogP contribution >= 0.6 is 0 Å². The molecule has 0 bridgehead atoms. The van der Waals surface area contributed by atoms with Crippen LogP contribution in [0.15, 0.2) is 48.5 Å². The molecule has 166 valence electrons. The SMILES string of the molecule is COc1ccc(N2CCN([C@@H]3CCCN(C(=O)c4ccccc4N(C)C)C3)CC2)cc1. The summed E-state index contributed by atoms with van der Waals surface area (Å²) in [5.41, 5.74) is 3.04. The van der Waals surface area contributed by atoms with Crippen LogP contribution in [0.1, 0.15) is 23.2 Å². The van der Waals surface area contributed by atoms with Crippen molar-refractivity contribution < 1.29 is 9.53 Å². The molecule has 1 amide bonds. The van der Waals surface area contributed by atoms with Gasteiger partial charge in [-0.2, -0.15) is 0 Å². The lowest BCUT2D eigenvalue weighted by molar-refractivity contribution is 0.0564. The minimum Gasteiger partial charge on any atom is -0.497 e. The van der Waals surface area contributed by atoms with Crippen molar-refractivity contribution in [2.24, 2.45) is 0 Å². The van der Waals surface area contributed by atoms with Crippen molar-refractivity contribution in [2.75, 3.05) is 70.3 Å². The molecule has 4 rings (SSSR count). The minimum absolute atomic E-state index is 0.158. The van der Waals surface area contributed by atoms with Crippen LogP contribution in [0.3, 0.4) is 0 Å². The summed E-state index contributed by atoms with van der Waals surface area (Å²) < 4.78 is 5.27. The first-order chi connectivity index (χ1) is 15.1. The monoisotopic (exact) mass is 422 g/mol. The molecule has 2 aliphatic heterocycles. The summed E-state index contributed by atoms with van der Waals surface area (Å²) in [6.07, 6.45) is 2.24. The van der Waals surface area contributed by atoms with Gasteiger partial charge in [0.05, 0.1) is 12.7 Å². The Morgan fingerprint density at radius 1 is 0.968 bits per heavy atom. The van der Waals surface area contributed by atoms with E-state index in [1.54, 1.807) is 7.11 Å². The van der Waals surface area contributed by atoms with E-state index in [-0.39, 0.29) is 5.91 Å². The standard InChI is InChI=1S/C25H34N4O2/c1-26(2)24-9-5-4-8-23(24)25(30)29-14-6-7-21(19-29)28-17-15-27(16-18-28)20-10-12-22(31-3)13-11-20/h4-5,8-13,21H,6-7,14-19H2,1-3H3/t21-/m1/s1. The van der Waals surface area contributed by atoms with Gasteiger partial charge < -0.3 is 19.4 Å². The van der Waals surface area contributed by atoms with Crippen molar-refractivity contribution in [1.29, 1.82) is 0 Å². The number of carbonyl (C=O) groups is 1. The van der Waals surface area contributed by atoms with Gasteiger partial charge in [0, 0.05) is 70.8 Å². The molecule has 0 radical (unpaired) electrons. The molecule has 2 aromatic carbocycles. The Kier molecular flexibility index (Phi) is 6.66. The number of piperidine rings is 1. The molecule has 0 aliphatic carbocycles. The van der Waals surface area contributed by atoms with Crippen molar-refractivity contribution in [3.05, 3.63) is 54.1 Å². The number of hydrogen-bond acceptors (Lipinski definition) is 5. The van der Waals surface area contributed by atoms with E-state index in [1.807, 2.05) is 55.4 Å². The van der Waals surface area contributed by atoms with Gasteiger partial charge in [-0.25, -0.2) is 0 Å². The minimum atomic E-state index is 0.158. The lowest BCUT2D eigenvalue weighted by atomic mass is 10.0. The van der Waals surface area contributed by atoms with Gasteiger partial charge in [0.1, 0.15) is 5.75 Å². The fraction of sp³-hybridized carbons (Fsp3) is 0.480. The van der Waals surface area contributed by atoms with Gasteiger partial charge in [0.2, 0.25) is 0 Å². The number of methoxy groups -OCH3 is 1. The Bertz CT molecular complexity index is 875. The second-order valence-electron chi connectivity index (χ2n) is 8.68. The molecule has 0 aromatic heterocycles. The fourth-order valence-corrected chi connectivity index (χ4v) is 4.79. The Morgan fingerprint density at radius 2 is 1.68 bits per heavy atom. The van der Waals surface area contributed by atoms with Gasteiger partial charge in [-0.05, 0) is 49.2 Å². The average molecular weight is 423 g/mol. The van der Waals surface area contributed by atoms with Gasteiger partial charge in [0.25, 0.3) is 5.91 Å². The number of para-hydroxylation sites is 1. The van der Waals surface area contributed by atoms with Crippen molar-refractivity contribution in [2.45, 2.75) is 18.9 Å². The highest BCUT2D eigenvalue weighted by Crippen LogP contribution is 2.25. The fourth-order valence-electron chi connectivity index (χ4n) is 4.79. The molecule has 2 aliphatic rings.